The molecule has 0 aromatic heterocycles. The third-order valence-electron chi connectivity index (χ3n) is 3.37. The number of amides is 1. The number of nitro benzene ring substituents is 1. The second-order valence-corrected chi connectivity index (χ2v) is 4.70. The molecule has 1 atom stereocenters. The zero-order chi connectivity index (χ0) is 14.5. The molecule has 1 fully saturated rings. The van der Waals surface area contributed by atoms with E-state index in [0.29, 0.717) is 12.1 Å². The van der Waals surface area contributed by atoms with Crippen LogP contribution in [0.4, 0.5) is 5.69 Å². The topological polar surface area (TPSA) is 83.7 Å². The van der Waals surface area contributed by atoms with Gasteiger partial charge >= 0.3 is 0 Å². The van der Waals surface area contributed by atoms with Crippen LogP contribution in [0.5, 0.6) is 0 Å². The second-order valence-electron chi connectivity index (χ2n) is 4.70. The number of carbonyl (C=O) groups excluding carboxylic acids is 1. The summed E-state index contributed by atoms with van der Waals surface area (Å²) in [7, 11) is 0. The zero-order valence-corrected chi connectivity index (χ0v) is 10.9. The van der Waals surface area contributed by atoms with Crippen molar-refractivity contribution in [2.45, 2.75) is 18.9 Å². The number of benzene rings is 1. The molecule has 1 aromatic rings. The van der Waals surface area contributed by atoms with E-state index in [9.17, 15) is 20.0 Å². The summed E-state index contributed by atoms with van der Waals surface area (Å²) in [5.41, 5.74) is 0.598. The molecule has 1 saturated heterocycles. The Hall–Kier alpha value is -2.21. The summed E-state index contributed by atoms with van der Waals surface area (Å²) in [6.45, 7) is 0.611. The van der Waals surface area contributed by atoms with E-state index in [-0.39, 0.29) is 24.2 Å². The summed E-state index contributed by atoms with van der Waals surface area (Å²) in [5.74, 6) is -0.173. The molecule has 0 saturated carbocycles. The van der Waals surface area contributed by atoms with Gasteiger partial charge in [-0.2, -0.15) is 0 Å². The minimum absolute atomic E-state index is 0.00555. The van der Waals surface area contributed by atoms with Crippen molar-refractivity contribution in [2.75, 3.05) is 13.2 Å². The van der Waals surface area contributed by atoms with E-state index >= 15 is 0 Å². The van der Waals surface area contributed by atoms with E-state index < -0.39 is 4.92 Å². The summed E-state index contributed by atoms with van der Waals surface area (Å²) in [6, 6.07) is 5.98. The highest BCUT2D eigenvalue weighted by atomic mass is 16.6. The average Bonchev–Trinajstić information content (AvgIpc) is 2.93. The lowest BCUT2D eigenvalue weighted by Crippen LogP contribution is -2.36. The van der Waals surface area contributed by atoms with Crippen LogP contribution in [0.1, 0.15) is 18.4 Å². The van der Waals surface area contributed by atoms with E-state index in [0.717, 1.165) is 12.8 Å². The highest BCUT2D eigenvalue weighted by Gasteiger charge is 2.26. The molecule has 106 valence electrons. The van der Waals surface area contributed by atoms with Gasteiger partial charge in [0.1, 0.15) is 0 Å². The number of likely N-dealkylation sites (tertiary alicyclic amines) is 1. The number of rotatable bonds is 4. The number of carbonyl (C=O) groups is 1. The van der Waals surface area contributed by atoms with Gasteiger partial charge in [0, 0.05) is 24.8 Å². The molecule has 1 aromatic carbocycles. The Bertz CT molecular complexity index is 542. The molecule has 2 rings (SSSR count). The van der Waals surface area contributed by atoms with Crippen molar-refractivity contribution in [3.05, 3.63) is 46.0 Å². The van der Waals surface area contributed by atoms with Crippen LogP contribution in [0.25, 0.3) is 6.08 Å². The molecule has 1 N–H and O–H groups in total. The Morgan fingerprint density at radius 3 is 3.05 bits per heavy atom. The maximum atomic E-state index is 12.0. The monoisotopic (exact) mass is 276 g/mol. The lowest BCUT2D eigenvalue weighted by atomic mass is 10.2. The largest absolute Gasteiger partial charge is 0.394 e. The highest BCUT2D eigenvalue weighted by molar-refractivity contribution is 5.92. The number of hydrogen-bond acceptors (Lipinski definition) is 4. The van der Waals surface area contributed by atoms with Crippen LogP contribution in [-0.4, -0.2) is 40.0 Å². The van der Waals surface area contributed by atoms with Crippen LogP contribution >= 0.6 is 0 Å². The number of aliphatic hydroxyl groups is 1. The summed E-state index contributed by atoms with van der Waals surface area (Å²) in [4.78, 5) is 23.8. The van der Waals surface area contributed by atoms with Gasteiger partial charge < -0.3 is 10.0 Å². The number of non-ortho nitro benzene ring substituents is 1. The molecule has 1 amide bonds. The predicted octanol–water partition coefficient (Wildman–Crippen LogP) is 1.59. The van der Waals surface area contributed by atoms with Crippen LogP contribution in [0, 0.1) is 10.1 Å². The Balaban J connectivity index is 2.07. The van der Waals surface area contributed by atoms with E-state index in [4.69, 9.17) is 0 Å². The average molecular weight is 276 g/mol. The van der Waals surface area contributed by atoms with Gasteiger partial charge in [0.2, 0.25) is 5.91 Å². The fraction of sp³-hybridized carbons (Fsp3) is 0.357. The summed E-state index contributed by atoms with van der Waals surface area (Å²) >= 11 is 0. The van der Waals surface area contributed by atoms with E-state index in [2.05, 4.69) is 0 Å². The Kier molecular flexibility index (Phi) is 4.47. The lowest BCUT2D eigenvalue weighted by Gasteiger charge is -2.21. The first-order valence-corrected chi connectivity index (χ1v) is 6.46. The van der Waals surface area contributed by atoms with E-state index in [1.54, 1.807) is 23.1 Å². The molecule has 0 spiro atoms. The van der Waals surface area contributed by atoms with Crippen molar-refractivity contribution in [2.24, 2.45) is 0 Å². The number of aliphatic hydroxyl groups excluding tert-OH is 1. The van der Waals surface area contributed by atoms with Gasteiger partial charge in [0.25, 0.3) is 5.69 Å². The van der Waals surface area contributed by atoms with E-state index in [1.807, 2.05) is 0 Å². The van der Waals surface area contributed by atoms with Gasteiger partial charge in [-0.3, -0.25) is 14.9 Å². The fourth-order valence-electron chi connectivity index (χ4n) is 2.32. The van der Waals surface area contributed by atoms with Crippen LogP contribution < -0.4 is 0 Å². The zero-order valence-electron chi connectivity index (χ0n) is 10.9. The predicted molar refractivity (Wildman–Crippen MR) is 74.0 cm³/mol. The summed E-state index contributed by atoms with van der Waals surface area (Å²) in [5, 5.41) is 19.8. The SMILES string of the molecule is O=C(/C=C/c1cccc([N+](=O)[O-])c1)N1CCC[C@@H]1CO. The van der Waals surface area contributed by atoms with Crippen molar-refractivity contribution in [1.29, 1.82) is 0 Å². The highest BCUT2D eigenvalue weighted by Crippen LogP contribution is 2.18. The molecule has 0 radical (unpaired) electrons. The normalized spacial score (nSPS) is 18.6. The van der Waals surface area contributed by atoms with Crippen LogP contribution in [0.3, 0.4) is 0 Å². The van der Waals surface area contributed by atoms with Crippen LogP contribution in [0.2, 0.25) is 0 Å². The van der Waals surface area contributed by atoms with Crippen molar-refractivity contribution >= 4 is 17.7 Å². The number of hydrogen-bond donors (Lipinski definition) is 1. The number of nitrogens with zero attached hydrogens (tertiary/aromatic N) is 2. The smallest absolute Gasteiger partial charge is 0.270 e. The van der Waals surface area contributed by atoms with Gasteiger partial charge in [-0.1, -0.05) is 12.1 Å². The maximum absolute atomic E-state index is 12.0. The van der Waals surface area contributed by atoms with Crippen LogP contribution in [-0.2, 0) is 4.79 Å². The fourth-order valence-corrected chi connectivity index (χ4v) is 2.32. The maximum Gasteiger partial charge on any atom is 0.270 e. The first-order valence-electron chi connectivity index (χ1n) is 6.46. The molecule has 0 aliphatic carbocycles. The molecule has 0 bridgehead atoms. The molecule has 0 unspecified atom stereocenters. The lowest BCUT2D eigenvalue weighted by molar-refractivity contribution is -0.384. The molecule has 1 aliphatic heterocycles. The molecule has 1 heterocycles. The molecule has 6 nitrogen and oxygen atoms in total. The van der Waals surface area contributed by atoms with Gasteiger partial charge in [0.15, 0.2) is 0 Å². The van der Waals surface area contributed by atoms with Gasteiger partial charge in [-0.05, 0) is 24.5 Å². The quantitative estimate of drug-likeness (QED) is 0.514. The van der Waals surface area contributed by atoms with Gasteiger partial charge in [-0.25, -0.2) is 0 Å². The third-order valence-corrected chi connectivity index (χ3v) is 3.37. The van der Waals surface area contributed by atoms with Gasteiger partial charge in [-0.15, -0.1) is 0 Å². The molecule has 1 aliphatic rings. The summed E-state index contributed by atoms with van der Waals surface area (Å²) in [6.07, 6.45) is 4.66. The second kappa shape index (κ2) is 6.29. The summed E-state index contributed by atoms with van der Waals surface area (Å²) < 4.78 is 0. The minimum Gasteiger partial charge on any atom is -0.394 e. The Labute approximate surface area is 116 Å². The first kappa shape index (κ1) is 14.2. The minimum atomic E-state index is -0.471. The molecule has 20 heavy (non-hydrogen) atoms. The molecular weight excluding hydrogens is 260 g/mol. The number of nitro groups is 1. The Morgan fingerprint density at radius 2 is 2.35 bits per heavy atom. The van der Waals surface area contributed by atoms with Crippen molar-refractivity contribution in [3.63, 3.8) is 0 Å². The van der Waals surface area contributed by atoms with E-state index in [1.165, 1.54) is 18.2 Å². The van der Waals surface area contributed by atoms with Crippen molar-refractivity contribution in [1.82, 2.24) is 4.90 Å². The van der Waals surface area contributed by atoms with Crippen molar-refractivity contribution < 1.29 is 14.8 Å². The van der Waals surface area contributed by atoms with Crippen LogP contribution in [0.15, 0.2) is 30.3 Å². The van der Waals surface area contributed by atoms with Crippen molar-refractivity contribution in [3.8, 4) is 0 Å². The Morgan fingerprint density at radius 1 is 1.55 bits per heavy atom. The first-order chi connectivity index (χ1) is 9.61. The third kappa shape index (κ3) is 3.21. The van der Waals surface area contributed by atoms with Gasteiger partial charge in [0.05, 0.1) is 17.6 Å². The molecule has 6 heteroatoms. The molecular formula is C14H16N2O4. The standard InChI is InChI=1S/C14H16N2O4/c17-10-13-5-2-8-15(13)14(18)7-6-11-3-1-4-12(9-11)16(19)20/h1,3-4,6-7,9,13,17H,2,5,8,10H2/b7-6+/t13-/m1/s1.